The molecular formula is C17H27FN2. The summed E-state index contributed by atoms with van der Waals surface area (Å²) in [4.78, 5) is 2.26. The van der Waals surface area contributed by atoms with Crippen molar-refractivity contribution in [2.75, 3.05) is 25.5 Å². The van der Waals surface area contributed by atoms with E-state index in [1.807, 2.05) is 12.1 Å². The highest BCUT2D eigenvalue weighted by Gasteiger charge is 2.29. The van der Waals surface area contributed by atoms with Crippen molar-refractivity contribution in [1.29, 1.82) is 0 Å². The molecule has 0 amide bonds. The molecule has 0 spiro atoms. The van der Waals surface area contributed by atoms with Gasteiger partial charge in [0.25, 0.3) is 0 Å². The van der Waals surface area contributed by atoms with Crippen LogP contribution in [-0.2, 0) is 0 Å². The summed E-state index contributed by atoms with van der Waals surface area (Å²) in [7, 11) is 4.18. The molecule has 0 aromatic heterocycles. The Morgan fingerprint density at radius 1 is 1.25 bits per heavy atom. The second-order valence-electron chi connectivity index (χ2n) is 6.10. The standard InChI is InChI=1S/C17H27FN2/c1-4-13-5-10-17(19-2)14(11-13)12-20(3)16-8-6-15(18)7-9-16/h6-9,13-14,17,19H,4-5,10-12H2,1-3H3. The third-order valence-corrected chi connectivity index (χ3v) is 4.81. The van der Waals surface area contributed by atoms with E-state index in [1.165, 1.54) is 37.8 Å². The average Bonchev–Trinajstić information content (AvgIpc) is 2.47. The van der Waals surface area contributed by atoms with Gasteiger partial charge in [-0.3, -0.25) is 0 Å². The summed E-state index contributed by atoms with van der Waals surface area (Å²) in [6, 6.07) is 7.42. The van der Waals surface area contributed by atoms with Gasteiger partial charge in [0.1, 0.15) is 5.82 Å². The lowest BCUT2D eigenvalue weighted by Crippen LogP contribution is -2.43. The fourth-order valence-electron chi connectivity index (χ4n) is 3.47. The van der Waals surface area contributed by atoms with Crippen LogP contribution in [0.15, 0.2) is 24.3 Å². The number of nitrogens with one attached hydrogen (secondary N) is 1. The lowest BCUT2D eigenvalue weighted by Gasteiger charge is -2.38. The number of halogens is 1. The van der Waals surface area contributed by atoms with Gasteiger partial charge in [-0.1, -0.05) is 13.3 Å². The van der Waals surface area contributed by atoms with Crippen LogP contribution in [0.4, 0.5) is 10.1 Å². The predicted molar refractivity (Wildman–Crippen MR) is 83.6 cm³/mol. The summed E-state index contributed by atoms with van der Waals surface area (Å²) in [6.07, 6.45) is 5.20. The van der Waals surface area contributed by atoms with E-state index in [9.17, 15) is 4.39 Å². The summed E-state index contributed by atoms with van der Waals surface area (Å²) in [6.45, 7) is 3.33. The third kappa shape index (κ3) is 3.72. The van der Waals surface area contributed by atoms with Gasteiger partial charge in [-0.2, -0.15) is 0 Å². The Labute approximate surface area is 122 Å². The summed E-state index contributed by atoms with van der Waals surface area (Å²) < 4.78 is 13.0. The second kappa shape index (κ2) is 7.07. The Kier molecular flexibility index (Phi) is 5.41. The largest absolute Gasteiger partial charge is 0.374 e. The van der Waals surface area contributed by atoms with Gasteiger partial charge in [-0.25, -0.2) is 4.39 Å². The zero-order valence-corrected chi connectivity index (χ0v) is 12.9. The van der Waals surface area contributed by atoms with Crippen LogP contribution in [0.2, 0.25) is 0 Å². The molecule has 1 fully saturated rings. The van der Waals surface area contributed by atoms with Crippen LogP contribution in [0.5, 0.6) is 0 Å². The minimum absolute atomic E-state index is 0.168. The molecule has 2 rings (SSSR count). The Hall–Kier alpha value is -1.09. The van der Waals surface area contributed by atoms with E-state index < -0.39 is 0 Å². The molecule has 1 aliphatic rings. The van der Waals surface area contributed by atoms with Gasteiger partial charge in [0, 0.05) is 25.3 Å². The van der Waals surface area contributed by atoms with E-state index in [0.717, 1.165) is 18.2 Å². The molecule has 1 aromatic rings. The van der Waals surface area contributed by atoms with Crippen molar-refractivity contribution in [2.45, 2.75) is 38.6 Å². The van der Waals surface area contributed by atoms with E-state index in [2.05, 4.69) is 31.2 Å². The van der Waals surface area contributed by atoms with E-state index in [1.54, 1.807) is 0 Å². The number of benzene rings is 1. The van der Waals surface area contributed by atoms with Crippen LogP contribution >= 0.6 is 0 Å². The van der Waals surface area contributed by atoms with Crippen molar-refractivity contribution < 1.29 is 4.39 Å². The summed E-state index contributed by atoms with van der Waals surface area (Å²) in [5.74, 6) is 1.37. The highest BCUT2D eigenvalue weighted by atomic mass is 19.1. The number of nitrogens with zero attached hydrogens (tertiary/aromatic N) is 1. The van der Waals surface area contributed by atoms with E-state index >= 15 is 0 Å². The van der Waals surface area contributed by atoms with Gasteiger partial charge in [-0.15, -0.1) is 0 Å². The summed E-state index contributed by atoms with van der Waals surface area (Å²) in [5, 5.41) is 3.48. The molecule has 2 nitrogen and oxygen atoms in total. The van der Waals surface area contributed by atoms with Crippen LogP contribution in [0, 0.1) is 17.7 Å². The van der Waals surface area contributed by atoms with Gasteiger partial charge in [-0.05, 0) is 62.4 Å². The normalized spacial score (nSPS) is 26.5. The first-order chi connectivity index (χ1) is 9.63. The van der Waals surface area contributed by atoms with Crippen molar-refractivity contribution >= 4 is 5.69 Å². The molecule has 0 aliphatic heterocycles. The van der Waals surface area contributed by atoms with Crippen LogP contribution < -0.4 is 10.2 Å². The quantitative estimate of drug-likeness (QED) is 0.884. The fraction of sp³-hybridized carbons (Fsp3) is 0.647. The average molecular weight is 278 g/mol. The zero-order chi connectivity index (χ0) is 14.5. The number of hydrogen-bond acceptors (Lipinski definition) is 2. The van der Waals surface area contributed by atoms with Crippen molar-refractivity contribution in [3.05, 3.63) is 30.1 Å². The maximum atomic E-state index is 13.0. The smallest absolute Gasteiger partial charge is 0.123 e. The van der Waals surface area contributed by atoms with Gasteiger partial charge >= 0.3 is 0 Å². The molecule has 0 saturated heterocycles. The molecule has 0 bridgehead atoms. The van der Waals surface area contributed by atoms with Crippen molar-refractivity contribution in [3.8, 4) is 0 Å². The fourth-order valence-corrected chi connectivity index (χ4v) is 3.47. The molecule has 1 aromatic carbocycles. The lowest BCUT2D eigenvalue weighted by molar-refractivity contribution is 0.210. The molecule has 112 valence electrons. The summed E-state index contributed by atoms with van der Waals surface area (Å²) >= 11 is 0. The van der Waals surface area contributed by atoms with Crippen molar-refractivity contribution in [3.63, 3.8) is 0 Å². The maximum Gasteiger partial charge on any atom is 0.123 e. The first-order valence-corrected chi connectivity index (χ1v) is 7.78. The molecule has 0 heterocycles. The van der Waals surface area contributed by atoms with Crippen molar-refractivity contribution in [2.24, 2.45) is 11.8 Å². The van der Waals surface area contributed by atoms with Crippen LogP contribution in [0.3, 0.4) is 0 Å². The van der Waals surface area contributed by atoms with Gasteiger partial charge in [0.2, 0.25) is 0 Å². The van der Waals surface area contributed by atoms with Gasteiger partial charge < -0.3 is 10.2 Å². The topological polar surface area (TPSA) is 15.3 Å². The number of rotatable bonds is 5. The minimum atomic E-state index is -0.168. The number of hydrogen-bond donors (Lipinski definition) is 1. The monoisotopic (exact) mass is 278 g/mol. The van der Waals surface area contributed by atoms with Gasteiger partial charge in [0.05, 0.1) is 0 Å². The molecular weight excluding hydrogens is 251 g/mol. The molecule has 1 N–H and O–H groups in total. The Balaban J connectivity index is 2.00. The Morgan fingerprint density at radius 2 is 1.95 bits per heavy atom. The first kappa shape index (κ1) is 15.3. The molecule has 1 saturated carbocycles. The second-order valence-corrected chi connectivity index (χ2v) is 6.10. The highest BCUT2D eigenvalue weighted by Crippen LogP contribution is 2.32. The summed E-state index contributed by atoms with van der Waals surface area (Å²) in [5.41, 5.74) is 1.10. The van der Waals surface area contributed by atoms with E-state index in [0.29, 0.717) is 12.0 Å². The van der Waals surface area contributed by atoms with E-state index in [-0.39, 0.29) is 5.82 Å². The number of anilines is 1. The zero-order valence-electron chi connectivity index (χ0n) is 12.9. The molecule has 3 heteroatoms. The van der Waals surface area contributed by atoms with Crippen LogP contribution in [-0.4, -0.2) is 26.7 Å². The molecule has 0 radical (unpaired) electrons. The van der Waals surface area contributed by atoms with Crippen molar-refractivity contribution in [1.82, 2.24) is 5.32 Å². The van der Waals surface area contributed by atoms with Crippen LogP contribution in [0.1, 0.15) is 32.6 Å². The first-order valence-electron chi connectivity index (χ1n) is 7.78. The van der Waals surface area contributed by atoms with E-state index in [4.69, 9.17) is 0 Å². The maximum absolute atomic E-state index is 13.0. The van der Waals surface area contributed by atoms with Gasteiger partial charge in [0.15, 0.2) is 0 Å². The molecule has 3 atom stereocenters. The Morgan fingerprint density at radius 3 is 2.55 bits per heavy atom. The highest BCUT2D eigenvalue weighted by molar-refractivity contribution is 5.45. The molecule has 20 heavy (non-hydrogen) atoms. The minimum Gasteiger partial charge on any atom is -0.374 e. The molecule has 3 unspecified atom stereocenters. The Bertz CT molecular complexity index is 404. The lowest BCUT2D eigenvalue weighted by atomic mass is 9.76. The predicted octanol–water partition coefficient (Wildman–Crippen LogP) is 3.68. The van der Waals surface area contributed by atoms with Crippen LogP contribution in [0.25, 0.3) is 0 Å². The third-order valence-electron chi connectivity index (χ3n) is 4.81. The SMILES string of the molecule is CCC1CCC(NC)C(CN(C)c2ccc(F)cc2)C1. The molecule has 1 aliphatic carbocycles.